The molecule has 2 aromatic carbocycles. The second-order valence-corrected chi connectivity index (χ2v) is 8.87. The van der Waals surface area contributed by atoms with Crippen LogP contribution in [0, 0.1) is 5.41 Å². The summed E-state index contributed by atoms with van der Waals surface area (Å²) in [4.78, 5) is 0. The van der Waals surface area contributed by atoms with Crippen LogP contribution in [-0.4, -0.2) is 64.2 Å². The van der Waals surface area contributed by atoms with Gasteiger partial charge in [-0.05, 0) is 61.2 Å². The highest BCUT2D eigenvalue weighted by Gasteiger charge is 2.00. The molecule has 0 aliphatic carbocycles. The minimum absolute atomic E-state index is 0.0823. The molecule has 2 rings (SSSR count). The van der Waals surface area contributed by atoms with Crippen molar-refractivity contribution < 1.29 is 24.1 Å². The summed E-state index contributed by atoms with van der Waals surface area (Å²) in [5.74, 6) is 1.86. The molecule has 228 valence electrons. The molecule has 0 atom stereocenters. The topological polar surface area (TPSA) is 133 Å². The lowest BCUT2D eigenvalue weighted by atomic mass is 10.1. The summed E-state index contributed by atoms with van der Waals surface area (Å²) in [6.07, 6.45) is 10.5. The minimum atomic E-state index is 0.0823. The molecular formula is C32H55N3O5. The zero-order valence-electron chi connectivity index (χ0n) is 25.2. The molecular weight excluding hydrogens is 506 g/mol. The maximum atomic E-state index is 7.40. The summed E-state index contributed by atoms with van der Waals surface area (Å²) in [5.41, 5.74) is 12.8. The van der Waals surface area contributed by atoms with E-state index in [0.717, 1.165) is 56.6 Å². The molecule has 2 aromatic rings. The smallest absolute Gasteiger partial charge is 0.122 e. The number of nitrogens with two attached hydrogens (primary N) is 2. The molecule has 0 heterocycles. The Morgan fingerprint density at radius 1 is 0.625 bits per heavy atom. The van der Waals surface area contributed by atoms with E-state index in [1.54, 1.807) is 0 Å². The van der Waals surface area contributed by atoms with Crippen LogP contribution in [0.4, 0.5) is 0 Å². The zero-order valence-corrected chi connectivity index (χ0v) is 25.2. The number of nitrogen functional groups attached to an aromatic ring is 1. The van der Waals surface area contributed by atoms with E-state index in [9.17, 15) is 0 Å². The lowest BCUT2D eigenvalue weighted by Crippen LogP contribution is -2.12. The Hall–Kier alpha value is -2.65. The summed E-state index contributed by atoms with van der Waals surface area (Å²) in [7, 11) is 1.00. The molecule has 6 N–H and O–H groups in total. The maximum absolute atomic E-state index is 7.40. The number of benzene rings is 2. The van der Waals surface area contributed by atoms with Crippen molar-refractivity contribution in [2.75, 3.05) is 53.3 Å². The molecule has 0 unspecified atom stereocenters. The summed E-state index contributed by atoms with van der Waals surface area (Å²) < 4.78 is 22.5. The molecule has 40 heavy (non-hydrogen) atoms. The molecule has 0 amide bonds. The first kappa shape index (κ1) is 37.4. The van der Waals surface area contributed by atoms with E-state index in [1.165, 1.54) is 44.1 Å². The quantitative estimate of drug-likeness (QED) is 0.0821. The SMILES string of the molecule is CC.CO.N=C(N)c1ccc(OCCCCCCCCCCOc2ccc(CCOCCOCCN)cc2)cc1. The van der Waals surface area contributed by atoms with E-state index in [0.29, 0.717) is 33.0 Å². The average molecular weight is 562 g/mol. The first-order chi connectivity index (χ1) is 19.7. The fraction of sp³-hybridized carbons (Fsp3) is 0.594. The van der Waals surface area contributed by atoms with Crippen molar-refractivity contribution in [3.8, 4) is 11.5 Å². The van der Waals surface area contributed by atoms with Crippen molar-refractivity contribution in [1.29, 1.82) is 5.41 Å². The van der Waals surface area contributed by atoms with Crippen molar-refractivity contribution >= 4 is 5.84 Å². The number of rotatable bonds is 22. The van der Waals surface area contributed by atoms with Gasteiger partial charge in [-0.2, -0.15) is 0 Å². The van der Waals surface area contributed by atoms with Crippen LogP contribution in [0.3, 0.4) is 0 Å². The van der Waals surface area contributed by atoms with E-state index in [-0.39, 0.29) is 5.84 Å². The Morgan fingerprint density at radius 2 is 1.05 bits per heavy atom. The molecule has 0 bridgehead atoms. The Balaban J connectivity index is 0.00000363. The van der Waals surface area contributed by atoms with Crippen LogP contribution in [0.5, 0.6) is 11.5 Å². The van der Waals surface area contributed by atoms with Crippen LogP contribution in [0.15, 0.2) is 48.5 Å². The molecule has 8 nitrogen and oxygen atoms in total. The van der Waals surface area contributed by atoms with Crippen molar-refractivity contribution in [2.45, 2.75) is 71.6 Å². The molecule has 0 saturated heterocycles. The molecule has 0 aliphatic heterocycles. The Bertz CT molecular complexity index is 816. The van der Waals surface area contributed by atoms with Gasteiger partial charge in [0.1, 0.15) is 17.3 Å². The molecule has 0 aliphatic rings. The van der Waals surface area contributed by atoms with Crippen LogP contribution in [-0.2, 0) is 15.9 Å². The number of ether oxygens (including phenoxy) is 4. The van der Waals surface area contributed by atoms with Crippen molar-refractivity contribution in [1.82, 2.24) is 0 Å². The highest BCUT2D eigenvalue weighted by atomic mass is 16.5. The monoisotopic (exact) mass is 561 g/mol. The predicted molar refractivity (Wildman–Crippen MR) is 166 cm³/mol. The van der Waals surface area contributed by atoms with Gasteiger partial charge in [-0.25, -0.2) is 0 Å². The van der Waals surface area contributed by atoms with Crippen LogP contribution < -0.4 is 20.9 Å². The van der Waals surface area contributed by atoms with Gasteiger partial charge in [0.05, 0.1) is 39.6 Å². The summed E-state index contributed by atoms with van der Waals surface area (Å²) >= 11 is 0. The van der Waals surface area contributed by atoms with E-state index in [2.05, 4.69) is 12.1 Å². The number of unbranched alkanes of at least 4 members (excludes halogenated alkanes) is 7. The zero-order chi connectivity index (χ0) is 29.7. The Labute approximate surface area is 242 Å². The third kappa shape index (κ3) is 20.3. The Morgan fingerprint density at radius 3 is 1.50 bits per heavy atom. The number of hydrogen-bond acceptors (Lipinski definition) is 7. The maximum Gasteiger partial charge on any atom is 0.122 e. The van der Waals surface area contributed by atoms with Crippen LogP contribution in [0.2, 0.25) is 0 Å². The third-order valence-electron chi connectivity index (χ3n) is 5.83. The molecule has 0 aromatic heterocycles. The lowest BCUT2D eigenvalue weighted by Gasteiger charge is -2.08. The summed E-state index contributed by atoms with van der Waals surface area (Å²) in [6, 6.07) is 15.7. The second-order valence-electron chi connectivity index (χ2n) is 8.87. The minimum Gasteiger partial charge on any atom is -0.494 e. The van der Waals surface area contributed by atoms with Crippen molar-refractivity contribution in [3.63, 3.8) is 0 Å². The van der Waals surface area contributed by atoms with Crippen molar-refractivity contribution in [2.24, 2.45) is 11.5 Å². The van der Waals surface area contributed by atoms with Gasteiger partial charge in [-0.1, -0.05) is 64.5 Å². The normalized spacial score (nSPS) is 10.1. The Kier molecular flexibility index (Phi) is 26.1. The highest BCUT2D eigenvalue weighted by molar-refractivity contribution is 5.94. The predicted octanol–water partition coefficient (Wildman–Crippen LogP) is 5.72. The van der Waals surface area contributed by atoms with Gasteiger partial charge in [-0.15, -0.1) is 0 Å². The first-order valence-electron chi connectivity index (χ1n) is 14.8. The molecule has 0 saturated carbocycles. The fourth-order valence-corrected chi connectivity index (χ4v) is 3.72. The van der Waals surface area contributed by atoms with Gasteiger partial charge in [0.15, 0.2) is 0 Å². The largest absolute Gasteiger partial charge is 0.494 e. The number of aliphatic hydroxyl groups excluding tert-OH is 1. The van der Waals surface area contributed by atoms with Crippen LogP contribution in [0.1, 0.15) is 76.3 Å². The van der Waals surface area contributed by atoms with Gasteiger partial charge in [-0.3, -0.25) is 5.41 Å². The van der Waals surface area contributed by atoms with Crippen LogP contribution >= 0.6 is 0 Å². The lowest BCUT2D eigenvalue weighted by molar-refractivity contribution is 0.0519. The molecule has 0 radical (unpaired) electrons. The third-order valence-corrected chi connectivity index (χ3v) is 5.83. The first-order valence-corrected chi connectivity index (χ1v) is 14.8. The van der Waals surface area contributed by atoms with E-state index in [1.807, 2.05) is 50.2 Å². The second kappa shape index (κ2) is 27.9. The van der Waals surface area contributed by atoms with Gasteiger partial charge in [0, 0.05) is 19.2 Å². The van der Waals surface area contributed by atoms with Gasteiger partial charge < -0.3 is 35.5 Å². The summed E-state index contributed by atoms with van der Waals surface area (Å²) in [6.45, 7) is 8.54. The number of aliphatic hydroxyl groups is 1. The van der Waals surface area contributed by atoms with Gasteiger partial charge in [0.2, 0.25) is 0 Å². The number of amidine groups is 1. The van der Waals surface area contributed by atoms with E-state index >= 15 is 0 Å². The molecule has 0 fully saturated rings. The number of hydrogen-bond donors (Lipinski definition) is 4. The standard InChI is InChI=1S/C29H45N3O4.C2H6.CH4O/c30-18-22-34-24-23-33-21-17-25-9-13-27(14-10-25)35-19-7-5-3-1-2-4-6-8-20-36-28-15-11-26(12-16-28)29(31)32;2*1-2/h9-16H,1-8,17-24,30H2,(H3,31,32);1-2H3;2H,1H3. The van der Waals surface area contributed by atoms with Crippen molar-refractivity contribution in [3.05, 3.63) is 59.7 Å². The van der Waals surface area contributed by atoms with Gasteiger partial charge in [0.25, 0.3) is 0 Å². The van der Waals surface area contributed by atoms with E-state index in [4.69, 9.17) is 40.9 Å². The van der Waals surface area contributed by atoms with E-state index < -0.39 is 0 Å². The summed E-state index contributed by atoms with van der Waals surface area (Å²) in [5, 5.41) is 14.4. The number of nitrogens with one attached hydrogen (secondary N) is 1. The van der Waals surface area contributed by atoms with Crippen LogP contribution in [0.25, 0.3) is 0 Å². The molecule has 0 spiro atoms. The highest BCUT2D eigenvalue weighted by Crippen LogP contribution is 2.15. The average Bonchev–Trinajstić information content (AvgIpc) is 3.00. The molecule has 8 heteroatoms. The fourth-order valence-electron chi connectivity index (χ4n) is 3.72. The van der Waals surface area contributed by atoms with Gasteiger partial charge >= 0.3 is 0 Å².